The zero-order chi connectivity index (χ0) is 17.9. The minimum absolute atomic E-state index is 0.0547. The van der Waals surface area contributed by atoms with E-state index >= 15 is 0 Å². The number of ketones is 1. The van der Waals surface area contributed by atoms with Crippen molar-refractivity contribution in [3.05, 3.63) is 47.5 Å². The maximum atomic E-state index is 12.8. The van der Waals surface area contributed by atoms with Crippen LogP contribution in [0.4, 0.5) is 0 Å². The van der Waals surface area contributed by atoms with E-state index < -0.39 is 0 Å². The molecule has 4 nitrogen and oxygen atoms in total. The summed E-state index contributed by atoms with van der Waals surface area (Å²) in [6.45, 7) is 6.72. The maximum absolute atomic E-state index is 12.8. The summed E-state index contributed by atoms with van der Waals surface area (Å²) >= 11 is 0. The molecule has 0 radical (unpaired) electrons. The minimum atomic E-state index is 0.0547. The predicted octanol–water partition coefficient (Wildman–Crippen LogP) is 4.16. The van der Waals surface area contributed by atoms with E-state index in [1.807, 2.05) is 43.3 Å². The largest absolute Gasteiger partial charge is 0.494 e. The highest BCUT2D eigenvalue weighted by molar-refractivity contribution is 6.22. The lowest BCUT2D eigenvalue weighted by Crippen LogP contribution is -2.21. The Morgan fingerprint density at radius 1 is 1.00 bits per heavy atom. The number of hydrogen-bond donors (Lipinski definition) is 0. The minimum Gasteiger partial charge on any atom is -0.494 e. The molecule has 136 valence electrons. The first-order valence-electron chi connectivity index (χ1n) is 9.58. The van der Waals surface area contributed by atoms with E-state index in [-0.39, 0.29) is 5.78 Å². The third-order valence-corrected chi connectivity index (χ3v) is 5.16. The second kappa shape index (κ2) is 7.50. The summed E-state index contributed by atoms with van der Waals surface area (Å²) in [7, 11) is 0. The van der Waals surface area contributed by atoms with Crippen LogP contribution in [0.2, 0.25) is 0 Å². The number of benzene rings is 2. The molecule has 2 aliphatic rings. The van der Waals surface area contributed by atoms with Crippen LogP contribution in [0.3, 0.4) is 0 Å². The predicted molar refractivity (Wildman–Crippen MR) is 102 cm³/mol. The Bertz CT molecular complexity index is 809. The van der Waals surface area contributed by atoms with E-state index in [0.717, 1.165) is 41.2 Å². The van der Waals surface area contributed by atoms with Gasteiger partial charge >= 0.3 is 0 Å². The average molecular weight is 351 g/mol. The van der Waals surface area contributed by atoms with Gasteiger partial charge in [-0.15, -0.1) is 0 Å². The third kappa shape index (κ3) is 3.21. The lowest BCUT2D eigenvalue weighted by atomic mass is 10.0. The van der Waals surface area contributed by atoms with Crippen molar-refractivity contribution in [3.8, 4) is 22.6 Å². The fourth-order valence-electron chi connectivity index (χ4n) is 3.93. The molecule has 0 spiro atoms. The van der Waals surface area contributed by atoms with Gasteiger partial charge in [-0.1, -0.05) is 12.1 Å². The molecule has 0 atom stereocenters. The second-order valence-electron chi connectivity index (χ2n) is 6.90. The van der Waals surface area contributed by atoms with Gasteiger partial charge in [0.25, 0.3) is 0 Å². The molecule has 2 aromatic carbocycles. The molecule has 26 heavy (non-hydrogen) atoms. The first-order chi connectivity index (χ1) is 12.8. The Balaban J connectivity index is 1.51. The van der Waals surface area contributed by atoms with Crippen molar-refractivity contribution in [2.24, 2.45) is 0 Å². The van der Waals surface area contributed by atoms with E-state index in [1.165, 1.54) is 25.9 Å². The van der Waals surface area contributed by atoms with Crippen LogP contribution in [0.25, 0.3) is 11.1 Å². The maximum Gasteiger partial charge on any atom is 0.194 e. The molecule has 1 saturated heterocycles. The van der Waals surface area contributed by atoms with E-state index in [0.29, 0.717) is 18.8 Å². The Labute approximate surface area is 154 Å². The first-order valence-corrected chi connectivity index (χ1v) is 9.58. The van der Waals surface area contributed by atoms with Crippen LogP contribution in [-0.4, -0.2) is 43.5 Å². The molecular formula is C22H25NO3. The standard InChI is InChI=1S/C22H25NO3/c1-2-25-16-9-10-17-19(15-16)22(24)18-7-5-8-20(21(17)18)26-14-6-13-23-11-3-4-12-23/h5,7-10,15H,2-4,6,11-14H2,1H3. The van der Waals surface area contributed by atoms with Gasteiger partial charge in [0.2, 0.25) is 0 Å². The number of carbonyl (C=O) groups excluding carboxylic acids is 1. The lowest BCUT2D eigenvalue weighted by Gasteiger charge is -2.15. The fourth-order valence-corrected chi connectivity index (χ4v) is 3.93. The van der Waals surface area contributed by atoms with Gasteiger partial charge in [-0.05, 0) is 69.1 Å². The van der Waals surface area contributed by atoms with Crippen LogP contribution in [0.1, 0.15) is 42.1 Å². The van der Waals surface area contributed by atoms with Gasteiger partial charge in [-0.2, -0.15) is 0 Å². The summed E-state index contributed by atoms with van der Waals surface area (Å²) in [5.74, 6) is 1.60. The van der Waals surface area contributed by atoms with Gasteiger partial charge < -0.3 is 14.4 Å². The number of nitrogens with zero attached hydrogens (tertiary/aromatic N) is 1. The highest BCUT2D eigenvalue weighted by atomic mass is 16.5. The summed E-state index contributed by atoms with van der Waals surface area (Å²) in [5.41, 5.74) is 3.31. The molecule has 0 N–H and O–H groups in total. The van der Waals surface area contributed by atoms with Gasteiger partial charge in [-0.3, -0.25) is 4.79 Å². The zero-order valence-electron chi connectivity index (χ0n) is 15.3. The summed E-state index contributed by atoms with van der Waals surface area (Å²) in [5, 5.41) is 0. The molecule has 0 amide bonds. The van der Waals surface area contributed by atoms with Crippen LogP contribution < -0.4 is 9.47 Å². The topological polar surface area (TPSA) is 38.8 Å². The van der Waals surface area contributed by atoms with E-state index in [4.69, 9.17) is 9.47 Å². The Morgan fingerprint density at radius 3 is 2.65 bits per heavy atom. The van der Waals surface area contributed by atoms with Gasteiger partial charge in [0.05, 0.1) is 13.2 Å². The van der Waals surface area contributed by atoms with Crippen molar-refractivity contribution in [2.45, 2.75) is 26.2 Å². The van der Waals surface area contributed by atoms with E-state index in [2.05, 4.69) is 4.90 Å². The molecule has 0 unspecified atom stereocenters. The number of carbonyl (C=O) groups is 1. The number of hydrogen-bond acceptors (Lipinski definition) is 4. The van der Waals surface area contributed by atoms with Crippen molar-refractivity contribution < 1.29 is 14.3 Å². The molecular weight excluding hydrogens is 326 g/mol. The lowest BCUT2D eigenvalue weighted by molar-refractivity contribution is 0.104. The number of ether oxygens (including phenoxy) is 2. The van der Waals surface area contributed by atoms with Crippen LogP contribution >= 0.6 is 0 Å². The van der Waals surface area contributed by atoms with Crippen LogP contribution in [0, 0.1) is 0 Å². The zero-order valence-corrected chi connectivity index (χ0v) is 15.3. The molecule has 1 aliphatic heterocycles. The van der Waals surface area contributed by atoms with Crippen molar-refractivity contribution in [2.75, 3.05) is 32.8 Å². The smallest absolute Gasteiger partial charge is 0.194 e. The molecule has 2 aromatic rings. The van der Waals surface area contributed by atoms with Crippen LogP contribution in [0.15, 0.2) is 36.4 Å². The normalized spacial score (nSPS) is 15.8. The Kier molecular flexibility index (Phi) is 4.93. The summed E-state index contributed by atoms with van der Waals surface area (Å²) in [4.78, 5) is 15.3. The summed E-state index contributed by atoms with van der Waals surface area (Å²) < 4.78 is 11.6. The fraction of sp³-hybridized carbons (Fsp3) is 0.409. The van der Waals surface area contributed by atoms with Crippen molar-refractivity contribution in [3.63, 3.8) is 0 Å². The summed E-state index contributed by atoms with van der Waals surface area (Å²) in [6.07, 6.45) is 3.64. The molecule has 0 aromatic heterocycles. The quantitative estimate of drug-likeness (QED) is 0.599. The van der Waals surface area contributed by atoms with Crippen molar-refractivity contribution in [1.29, 1.82) is 0 Å². The molecule has 0 saturated carbocycles. The third-order valence-electron chi connectivity index (χ3n) is 5.16. The second-order valence-corrected chi connectivity index (χ2v) is 6.90. The average Bonchev–Trinajstić information content (AvgIpc) is 3.27. The molecule has 4 rings (SSSR count). The van der Waals surface area contributed by atoms with E-state index in [9.17, 15) is 4.79 Å². The molecule has 4 heteroatoms. The Hall–Kier alpha value is -2.33. The van der Waals surface area contributed by atoms with Gasteiger partial charge in [-0.25, -0.2) is 0 Å². The molecule has 0 bridgehead atoms. The van der Waals surface area contributed by atoms with Gasteiger partial charge in [0.15, 0.2) is 5.78 Å². The van der Waals surface area contributed by atoms with Gasteiger partial charge in [0.1, 0.15) is 11.5 Å². The van der Waals surface area contributed by atoms with E-state index in [1.54, 1.807) is 0 Å². The molecule has 1 aliphatic carbocycles. The SMILES string of the molecule is CCOc1ccc2c(c1)C(=O)c1cccc(OCCCN3CCCC3)c1-2. The monoisotopic (exact) mass is 351 g/mol. The highest BCUT2D eigenvalue weighted by Gasteiger charge is 2.29. The number of likely N-dealkylation sites (tertiary alicyclic amines) is 1. The number of fused-ring (bicyclic) bond motifs is 3. The van der Waals surface area contributed by atoms with Crippen LogP contribution in [-0.2, 0) is 0 Å². The Morgan fingerprint density at radius 2 is 1.85 bits per heavy atom. The summed E-state index contributed by atoms with van der Waals surface area (Å²) in [6, 6.07) is 11.5. The first kappa shape index (κ1) is 17.1. The van der Waals surface area contributed by atoms with Crippen molar-refractivity contribution >= 4 is 5.78 Å². The van der Waals surface area contributed by atoms with Gasteiger partial charge in [0, 0.05) is 23.2 Å². The van der Waals surface area contributed by atoms with Crippen molar-refractivity contribution in [1.82, 2.24) is 4.90 Å². The molecule has 1 heterocycles. The van der Waals surface area contributed by atoms with Crippen LogP contribution in [0.5, 0.6) is 11.5 Å². The highest BCUT2D eigenvalue weighted by Crippen LogP contribution is 2.43. The number of rotatable bonds is 7. The molecule has 1 fully saturated rings.